The van der Waals surface area contributed by atoms with Gasteiger partial charge in [-0.2, -0.15) is 0 Å². The summed E-state index contributed by atoms with van der Waals surface area (Å²) in [7, 11) is 1.49. The maximum absolute atomic E-state index is 11.5. The van der Waals surface area contributed by atoms with Crippen molar-refractivity contribution < 1.29 is 23.7 Å². The van der Waals surface area contributed by atoms with Crippen LogP contribution in [0.2, 0.25) is 0 Å². The lowest BCUT2D eigenvalue weighted by molar-refractivity contribution is -0.222. The highest BCUT2D eigenvalue weighted by molar-refractivity contribution is 5.67. The van der Waals surface area contributed by atoms with Crippen molar-refractivity contribution in [3.8, 4) is 0 Å². The Kier molecular flexibility index (Phi) is 5.14. The molecule has 1 unspecified atom stereocenters. The number of amides is 1. The molecule has 1 fully saturated rings. The third-order valence-electron chi connectivity index (χ3n) is 2.60. The molecular formula is C13H17NO5. The number of nitrogens with one attached hydrogen (secondary N) is 1. The molecule has 1 aliphatic heterocycles. The second kappa shape index (κ2) is 7.08. The zero-order chi connectivity index (χ0) is 13.5. The number of alkyl carbamates (subject to hydrolysis) is 1. The number of ether oxygens (including phenoxy) is 4. The summed E-state index contributed by atoms with van der Waals surface area (Å²) in [6, 6.07) is 9.48. The summed E-state index contributed by atoms with van der Waals surface area (Å²) in [5, 5.41) is 2.62. The normalized spacial score (nSPS) is 22.2. The summed E-state index contributed by atoms with van der Waals surface area (Å²) in [6.45, 7) is 0.313. The minimum absolute atomic E-state index is 0.214. The van der Waals surface area contributed by atoms with Crippen molar-refractivity contribution in [2.75, 3.05) is 20.3 Å². The molecule has 1 aromatic rings. The van der Waals surface area contributed by atoms with Crippen molar-refractivity contribution in [1.82, 2.24) is 5.32 Å². The van der Waals surface area contributed by atoms with Crippen LogP contribution < -0.4 is 5.32 Å². The van der Waals surface area contributed by atoms with Crippen LogP contribution in [0.15, 0.2) is 30.3 Å². The molecule has 0 radical (unpaired) electrons. The van der Waals surface area contributed by atoms with E-state index in [4.69, 9.17) is 18.9 Å². The van der Waals surface area contributed by atoms with E-state index in [0.717, 1.165) is 5.56 Å². The zero-order valence-electron chi connectivity index (χ0n) is 10.7. The van der Waals surface area contributed by atoms with Crippen LogP contribution in [0.5, 0.6) is 0 Å². The molecule has 1 aliphatic rings. The first-order valence-electron chi connectivity index (χ1n) is 6.02. The summed E-state index contributed by atoms with van der Waals surface area (Å²) in [5.74, 6) is 0. The van der Waals surface area contributed by atoms with Crippen molar-refractivity contribution in [3.63, 3.8) is 0 Å². The Balaban J connectivity index is 1.63. The molecule has 6 nitrogen and oxygen atoms in total. The van der Waals surface area contributed by atoms with Crippen molar-refractivity contribution in [2.45, 2.75) is 19.2 Å². The monoisotopic (exact) mass is 267 g/mol. The van der Waals surface area contributed by atoms with Gasteiger partial charge in [-0.05, 0) is 5.56 Å². The van der Waals surface area contributed by atoms with Crippen LogP contribution in [-0.4, -0.2) is 38.9 Å². The van der Waals surface area contributed by atoms with Gasteiger partial charge in [-0.1, -0.05) is 30.3 Å². The highest BCUT2D eigenvalue weighted by atomic mass is 16.9. The topological polar surface area (TPSA) is 66.0 Å². The first kappa shape index (κ1) is 13.8. The van der Waals surface area contributed by atoms with Gasteiger partial charge in [0.05, 0.1) is 6.61 Å². The molecule has 0 aliphatic carbocycles. The van der Waals surface area contributed by atoms with Gasteiger partial charge in [0.1, 0.15) is 12.7 Å². The fourth-order valence-electron chi connectivity index (χ4n) is 1.62. The quantitative estimate of drug-likeness (QED) is 0.870. The van der Waals surface area contributed by atoms with Crippen LogP contribution in [0.1, 0.15) is 5.56 Å². The van der Waals surface area contributed by atoms with Gasteiger partial charge in [0.15, 0.2) is 0 Å². The summed E-state index contributed by atoms with van der Waals surface area (Å²) >= 11 is 0. The number of rotatable bonds is 5. The number of carbonyl (C=O) groups excluding carboxylic acids is 1. The van der Waals surface area contributed by atoms with E-state index in [1.54, 1.807) is 0 Å². The Hall–Kier alpha value is -1.63. The number of carbonyl (C=O) groups is 1. The van der Waals surface area contributed by atoms with E-state index < -0.39 is 12.6 Å². The van der Waals surface area contributed by atoms with E-state index >= 15 is 0 Å². The highest BCUT2D eigenvalue weighted by Gasteiger charge is 2.26. The molecule has 0 aromatic heterocycles. The molecule has 1 amide bonds. The third-order valence-corrected chi connectivity index (χ3v) is 2.60. The summed E-state index contributed by atoms with van der Waals surface area (Å²) in [6.07, 6.45) is -0.692. The van der Waals surface area contributed by atoms with Gasteiger partial charge < -0.3 is 24.3 Å². The molecule has 1 N–H and O–H groups in total. The lowest BCUT2D eigenvalue weighted by Gasteiger charge is -2.11. The van der Waals surface area contributed by atoms with Gasteiger partial charge in [0.25, 0.3) is 6.48 Å². The number of methoxy groups -OCH3 is 1. The fraction of sp³-hybridized carbons (Fsp3) is 0.462. The largest absolute Gasteiger partial charge is 0.445 e. The summed E-state index contributed by atoms with van der Waals surface area (Å²) < 4.78 is 20.4. The number of hydrogen-bond acceptors (Lipinski definition) is 5. The molecule has 1 aromatic carbocycles. The molecule has 6 heteroatoms. The SMILES string of the molecule is CO[C@H]1OCC(CNC(=O)OCc2ccccc2)O1. The molecule has 0 saturated carbocycles. The molecule has 104 valence electrons. The summed E-state index contributed by atoms with van der Waals surface area (Å²) in [5.41, 5.74) is 0.942. The second-order valence-corrected chi connectivity index (χ2v) is 4.06. The van der Waals surface area contributed by atoms with Gasteiger partial charge in [-0.25, -0.2) is 4.79 Å². The van der Waals surface area contributed by atoms with Gasteiger partial charge >= 0.3 is 6.09 Å². The molecule has 2 rings (SSSR count). The van der Waals surface area contributed by atoms with E-state index in [9.17, 15) is 4.79 Å². The number of benzene rings is 1. The molecule has 1 saturated heterocycles. The standard InChI is InChI=1S/C13H17NO5/c1-16-13-18-9-11(19-13)7-14-12(15)17-8-10-5-3-2-4-6-10/h2-6,11,13H,7-9H2,1H3,(H,14,15)/t11?,13-/m0/s1. The van der Waals surface area contributed by atoms with Crippen molar-refractivity contribution >= 4 is 6.09 Å². The Morgan fingerprint density at radius 3 is 2.89 bits per heavy atom. The smallest absolute Gasteiger partial charge is 0.407 e. The Morgan fingerprint density at radius 2 is 2.21 bits per heavy atom. The van der Waals surface area contributed by atoms with Gasteiger partial charge in [-0.15, -0.1) is 0 Å². The van der Waals surface area contributed by atoms with Crippen LogP contribution in [0.3, 0.4) is 0 Å². The molecule has 2 atom stereocenters. The fourth-order valence-corrected chi connectivity index (χ4v) is 1.62. The Labute approximate surface area is 111 Å². The van der Waals surface area contributed by atoms with E-state index in [1.165, 1.54) is 7.11 Å². The first-order valence-corrected chi connectivity index (χ1v) is 6.02. The van der Waals surface area contributed by atoms with Crippen molar-refractivity contribution in [3.05, 3.63) is 35.9 Å². The average Bonchev–Trinajstić information content (AvgIpc) is 2.92. The van der Waals surface area contributed by atoms with Crippen LogP contribution in [0, 0.1) is 0 Å². The maximum atomic E-state index is 11.5. The van der Waals surface area contributed by atoms with Crippen molar-refractivity contribution in [1.29, 1.82) is 0 Å². The molecule has 19 heavy (non-hydrogen) atoms. The van der Waals surface area contributed by atoms with E-state index in [-0.39, 0.29) is 12.7 Å². The minimum Gasteiger partial charge on any atom is -0.445 e. The maximum Gasteiger partial charge on any atom is 0.407 e. The van der Waals surface area contributed by atoms with Gasteiger partial charge in [0, 0.05) is 13.7 Å². The second-order valence-electron chi connectivity index (χ2n) is 4.06. The highest BCUT2D eigenvalue weighted by Crippen LogP contribution is 2.10. The number of hydrogen-bond donors (Lipinski definition) is 1. The predicted molar refractivity (Wildman–Crippen MR) is 66.3 cm³/mol. The average molecular weight is 267 g/mol. The van der Waals surface area contributed by atoms with Crippen LogP contribution >= 0.6 is 0 Å². The van der Waals surface area contributed by atoms with Crippen LogP contribution in [0.4, 0.5) is 4.79 Å². The Morgan fingerprint density at radius 1 is 1.42 bits per heavy atom. The van der Waals surface area contributed by atoms with Gasteiger partial charge in [0.2, 0.25) is 0 Å². The van der Waals surface area contributed by atoms with E-state index in [1.807, 2.05) is 30.3 Å². The lowest BCUT2D eigenvalue weighted by atomic mass is 10.2. The first-order chi connectivity index (χ1) is 9.28. The summed E-state index contributed by atoms with van der Waals surface area (Å²) in [4.78, 5) is 11.5. The molecule has 0 spiro atoms. The predicted octanol–water partition coefficient (Wildman–Crippen LogP) is 1.26. The van der Waals surface area contributed by atoms with Crippen LogP contribution in [0.25, 0.3) is 0 Å². The Bertz CT molecular complexity index is 397. The van der Waals surface area contributed by atoms with Gasteiger partial charge in [-0.3, -0.25) is 0 Å². The zero-order valence-corrected chi connectivity index (χ0v) is 10.7. The van der Waals surface area contributed by atoms with Crippen LogP contribution in [-0.2, 0) is 25.6 Å². The minimum atomic E-state index is -0.646. The third kappa shape index (κ3) is 4.51. The lowest BCUT2D eigenvalue weighted by Crippen LogP contribution is -2.34. The van der Waals surface area contributed by atoms with E-state index in [2.05, 4.69) is 5.32 Å². The molecule has 0 bridgehead atoms. The molecule has 1 heterocycles. The van der Waals surface area contributed by atoms with Crippen molar-refractivity contribution in [2.24, 2.45) is 0 Å². The van der Waals surface area contributed by atoms with E-state index in [0.29, 0.717) is 13.2 Å². The molecular weight excluding hydrogens is 250 g/mol.